The minimum atomic E-state index is -0.0772. The molecule has 0 aliphatic carbocycles. The van der Waals surface area contributed by atoms with E-state index < -0.39 is 0 Å². The number of benzene rings is 2. The third-order valence-electron chi connectivity index (χ3n) is 3.05. The lowest BCUT2D eigenvalue weighted by Gasteiger charge is -2.06. The number of carbonyl (C=O) groups is 1. The number of hydrogen-bond donors (Lipinski definition) is 0. The molecule has 1 aliphatic heterocycles. The first-order valence-electron chi connectivity index (χ1n) is 5.97. The normalized spacial score (nSPS) is 12.3. The van der Waals surface area contributed by atoms with Gasteiger partial charge in [0.25, 0.3) is 0 Å². The molecule has 0 unspecified atom stereocenters. The molecule has 0 saturated heterocycles. The van der Waals surface area contributed by atoms with Crippen molar-refractivity contribution in [1.82, 2.24) is 0 Å². The molecule has 0 bridgehead atoms. The first-order chi connectivity index (χ1) is 9.69. The monoisotopic (exact) mass is 334 g/mol. The highest BCUT2D eigenvalue weighted by Gasteiger charge is 2.17. The van der Waals surface area contributed by atoms with Crippen LogP contribution in [-0.2, 0) is 0 Å². The predicted octanol–water partition coefficient (Wildman–Crippen LogP) is 3.42. The molecule has 0 fully saturated rings. The van der Waals surface area contributed by atoms with Crippen molar-refractivity contribution >= 4 is 21.7 Å². The zero-order valence-electron chi connectivity index (χ0n) is 10.7. The van der Waals surface area contributed by atoms with E-state index in [1.54, 1.807) is 43.5 Å². The lowest BCUT2D eigenvalue weighted by Crippen LogP contribution is -2.01. The Hall–Kier alpha value is -2.01. The summed E-state index contributed by atoms with van der Waals surface area (Å²) in [6, 6.07) is 10.4. The fraction of sp³-hybridized carbons (Fsp3) is 0.133. The summed E-state index contributed by atoms with van der Waals surface area (Å²) in [6.07, 6.45) is 0. The molecule has 0 atom stereocenters. The van der Waals surface area contributed by atoms with Gasteiger partial charge in [-0.1, -0.05) is 0 Å². The molecule has 5 heteroatoms. The van der Waals surface area contributed by atoms with Crippen molar-refractivity contribution in [2.75, 3.05) is 13.9 Å². The highest BCUT2D eigenvalue weighted by molar-refractivity contribution is 9.10. The predicted molar refractivity (Wildman–Crippen MR) is 76.7 cm³/mol. The van der Waals surface area contributed by atoms with Crippen molar-refractivity contribution in [2.45, 2.75) is 0 Å². The average molecular weight is 335 g/mol. The number of ketones is 1. The SMILES string of the molecule is COc1ccc(C(=O)c2ccc3c(c2)OCO3)cc1Br. The second-order valence-electron chi connectivity index (χ2n) is 4.25. The zero-order chi connectivity index (χ0) is 14.1. The van der Waals surface area contributed by atoms with Crippen LogP contribution >= 0.6 is 15.9 Å². The molecule has 4 nitrogen and oxygen atoms in total. The molecule has 20 heavy (non-hydrogen) atoms. The highest BCUT2D eigenvalue weighted by atomic mass is 79.9. The van der Waals surface area contributed by atoms with Crippen LogP contribution in [0, 0.1) is 0 Å². The van der Waals surface area contributed by atoms with Gasteiger partial charge in [0.2, 0.25) is 6.79 Å². The second-order valence-corrected chi connectivity index (χ2v) is 5.10. The molecule has 0 saturated carbocycles. The molecule has 2 aromatic rings. The van der Waals surface area contributed by atoms with Gasteiger partial charge in [-0.25, -0.2) is 0 Å². The van der Waals surface area contributed by atoms with Crippen molar-refractivity contribution in [1.29, 1.82) is 0 Å². The summed E-state index contributed by atoms with van der Waals surface area (Å²) in [6.45, 7) is 0.195. The Balaban J connectivity index is 1.94. The van der Waals surface area contributed by atoms with Gasteiger partial charge in [0.1, 0.15) is 5.75 Å². The molecular weight excluding hydrogens is 324 g/mol. The highest BCUT2D eigenvalue weighted by Crippen LogP contribution is 2.33. The third-order valence-corrected chi connectivity index (χ3v) is 3.67. The minimum absolute atomic E-state index is 0.0772. The average Bonchev–Trinajstić information content (AvgIpc) is 2.93. The topological polar surface area (TPSA) is 44.8 Å². The first kappa shape index (κ1) is 13.0. The zero-order valence-corrected chi connectivity index (χ0v) is 12.3. The van der Waals surface area contributed by atoms with Gasteiger partial charge in [-0.05, 0) is 52.3 Å². The Morgan fingerprint density at radius 2 is 1.80 bits per heavy atom. The number of methoxy groups -OCH3 is 1. The molecule has 0 spiro atoms. The van der Waals surface area contributed by atoms with Gasteiger partial charge >= 0.3 is 0 Å². The van der Waals surface area contributed by atoms with Crippen LogP contribution in [0.1, 0.15) is 15.9 Å². The number of hydrogen-bond acceptors (Lipinski definition) is 4. The Morgan fingerprint density at radius 3 is 2.55 bits per heavy atom. The van der Waals surface area contributed by atoms with E-state index in [2.05, 4.69) is 15.9 Å². The summed E-state index contributed by atoms with van der Waals surface area (Å²) in [4.78, 5) is 12.4. The third kappa shape index (κ3) is 2.25. The molecule has 0 aromatic heterocycles. The van der Waals surface area contributed by atoms with Crippen molar-refractivity contribution in [2.24, 2.45) is 0 Å². The second kappa shape index (κ2) is 5.17. The van der Waals surface area contributed by atoms with Crippen molar-refractivity contribution in [3.63, 3.8) is 0 Å². The minimum Gasteiger partial charge on any atom is -0.496 e. The van der Waals surface area contributed by atoms with Gasteiger partial charge in [0, 0.05) is 11.1 Å². The first-order valence-corrected chi connectivity index (χ1v) is 6.76. The smallest absolute Gasteiger partial charge is 0.231 e. The molecule has 2 aromatic carbocycles. The van der Waals surface area contributed by atoms with Crippen LogP contribution in [0.5, 0.6) is 17.2 Å². The molecule has 0 amide bonds. The van der Waals surface area contributed by atoms with Gasteiger partial charge in [0.15, 0.2) is 17.3 Å². The molecule has 1 heterocycles. The Kier molecular flexibility index (Phi) is 3.36. The van der Waals surface area contributed by atoms with Gasteiger partial charge < -0.3 is 14.2 Å². The molecule has 102 valence electrons. The maximum absolute atomic E-state index is 12.4. The van der Waals surface area contributed by atoms with Gasteiger partial charge in [-0.15, -0.1) is 0 Å². The van der Waals surface area contributed by atoms with E-state index in [4.69, 9.17) is 14.2 Å². The quantitative estimate of drug-likeness (QED) is 0.807. The Labute approximate surface area is 124 Å². The maximum atomic E-state index is 12.4. The van der Waals surface area contributed by atoms with Crippen molar-refractivity contribution in [3.8, 4) is 17.2 Å². The number of fused-ring (bicyclic) bond motifs is 1. The summed E-state index contributed by atoms with van der Waals surface area (Å²) < 4.78 is 16.4. The molecule has 3 rings (SSSR count). The number of halogens is 1. The van der Waals surface area contributed by atoms with Crippen molar-refractivity contribution in [3.05, 3.63) is 52.0 Å². The standard InChI is InChI=1S/C15H11BrO4/c1-18-12-4-2-9(6-11(12)16)15(17)10-3-5-13-14(7-10)20-8-19-13/h2-7H,8H2,1H3. The molecule has 0 radical (unpaired) electrons. The fourth-order valence-electron chi connectivity index (χ4n) is 2.01. The van der Waals surface area contributed by atoms with Crippen LogP contribution in [0.25, 0.3) is 0 Å². The number of carbonyl (C=O) groups excluding carboxylic acids is 1. The number of rotatable bonds is 3. The lowest BCUT2D eigenvalue weighted by molar-refractivity contribution is 0.103. The lowest BCUT2D eigenvalue weighted by atomic mass is 10.0. The van der Waals surface area contributed by atoms with Crippen LogP contribution in [-0.4, -0.2) is 19.7 Å². The Morgan fingerprint density at radius 1 is 1.10 bits per heavy atom. The molecule has 0 N–H and O–H groups in total. The molecule has 1 aliphatic rings. The van der Waals surface area contributed by atoms with E-state index in [1.165, 1.54) is 0 Å². The van der Waals surface area contributed by atoms with Crippen molar-refractivity contribution < 1.29 is 19.0 Å². The summed E-state index contributed by atoms with van der Waals surface area (Å²) in [7, 11) is 1.58. The number of ether oxygens (including phenoxy) is 3. The van der Waals surface area contributed by atoms with E-state index in [-0.39, 0.29) is 12.6 Å². The molecular formula is C15H11BrO4. The summed E-state index contributed by atoms with van der Waals surface area (Å²) >= 11 is 3.38. The van der Waals surface area contributed by atoms with Gasteiger partial charge in [0.05, 0.1) is 11.6 Å². The van der Waals surface area contributed by atoms with E-state index in [1.807, 2.05) is 0 Å². The fourth-order valence-corrected chi connectivity index (χ4v) is 2.55. The van der Waals surface area contributed by atoms with E-state index >= 15 is 0 Å². The Bertz CT molecular complexity index is 682. The van der Waals surface area contributed by atoms with Crippen LogP contribution in [0.3, 0.4) is 0 Å². The van der Waals surface area contributed by atoms with Gasteiger partial charge in [-0.3, -0.25) is 4.79 Å². The summed E-state index contributed by atoms with van der Waals surface area (Å²) in [5.41, 5.74) is 1.14. The maximum Gasteiger partial charge on any atom is 0.231 e. The van der Waals surface area contributed by atoms with Crippen LogP contribution < -0.4 is 14.2 Å². The van der Waals surface area contributed by atoms with Crippen LogP contribution in [0.2, 0.25) is 0 Å². The van der Waals surface area contributed by atoms with Crippen LogP contribution in [0.15, 0.2) is 40.9 Å². The van der Waals surface area contributed by atoms with Gasteiger partial charge in [-0.2, -0.15) is 0 Å². The van der Waals surface area contributed by atoms with E-state index in [9.17, 15) is 4.79 Å². The van der Waals surface area contributed by atoms with E-state index in [0.717, 1.165) is 4.47 Å². The van der Waals surface area contributed by atoms with Crippen LogP contribution in [0.4, 0.5) is 0 Å². The van der Waals surface area contributed by atoms with E-state index in [0.29, 0.717) is 28.4 Å². The largest absolute Gasteiger partial charge is 0.496 e. The summed E-state index contributed by atoms with van der Waals surface area (Å²) in [5, 5.41) is 0. The summed E-state index contributed by atoms with van der Waals surface area (Å²) in [5.74, 6) is 1.87.